The van der Waals surface area contributed by atoms with Crippen molar-refractivity contribution in [2.45, 2.75) is 26.5 Å². The molecule has 0 bridgehead atoms. The molecule has 0 saturated carbocycles. The van der Waals surface area contributed by atoms with E-state index < -0.39 is 5.97 Å². The SMILES string of the molecule is Cc1cccc(CC(=O)O)c1OCc1cc(-c2ccnc(CN)c2)c2occc2c1. The van der Waals surface area contributed by atoms with Crippen LogP contribution in [0, 0.1) is 6.92 Å². The zero-order valence-corrected chi connectivity index (χ0v) is 16.6. The molecule has 0 aliphatic carbocycles. The molecule has 152 valence electrons. The molecule has 30 heavy (non-hydrogen) atoms. The number of rotatable bonds is 7. The third kappa shape index (κ3) is 4.04. The van der Waals surface area contributed by atoms with Crippen LogP contribution >= 0.6 is 0 Å². The van der Waals surface area contributed by atoms with Gasteiger partial charge in [0.1, 0.15) is 17.9 Å². The highest BCUT2D eigenvalue weighted by molar-refractivity contribution is 5.93. The molecule has 0 amide bonds. The Morgan fingerprint density at radius 2 is 2.07 bits per heavy atom. The highest BCUT2D eigenvalue weighted by Crippen LogP contribution is 2.32. The molecule has 4 rings (SSSR count). The fourth-order valence-corrected chi connectivity index (χ4v) is 3.58. The van der Waals surface area contributed by atoms with Gasteiger partial charge in [0.25, 0.3) is 0 Å². The number of furan rings is 1. The van der Waals surface area contributed by atoms with E-state index >= 15 is 0 Å². The van der Waals surface area contributed by atoms with Crippen LogP contribution in [0.2, 0.25) is 0 Å². The van der Waals surface area contributed by atoms with Gasteiger partial charge in [-0.3, -0.25) is 9.78 Å². The lowest BCUT2D eigenvalue weighted by atomic mass is 10.0. The zero-order valence-electron chi connectivity index (χ0n) is 16.6. The Morgan fingerprint density at radius 1 is 1.20 bits per heavy atom. The summed E-state index contributed by atoms with van der Waals surface area (Å²) < 4.78 is 11.8. The summed E-state index contributed by atoms with van der Waals surface area (Å²) in [5, 5.41) is 10.2. The maximum atomic E-state index is 11.2. The topological polar surface area (TPSA) is 98.6 Å². The molecule has 2 heterocycles. The van der Waals surface area contributed by atoms with Crippen molar-refractivity contribution < 1.29 is 19.1 Å². The van der Waals surface area contributed by atoms with Crippen LogP contribution in [0.3, 0.4) is 0 Å². The van der Waals surface area contributed by atoms with Gasteiger partial charge in [0.2, 0.25) is 0 Å². The van der Waals surface area contributed by atoms with E-state index in [-0.39, 0.29) is 6.42 Å². The fraction of sp³-hybridized carbons (Fsp3) is 0.167. The Hall–Kier alpha value is -3.64. The third-order valence-corrected chi connectivity index (χ3v) is 4.97. The first-order valence-electron chi connectivity index (χ1n) is 9.63. The molecule has 0 aliphatic rings. The summed E-state index contributed by atoms with van der Waals surface area (Å²) in [5.41, 5.74) is 11.8. The number of aryl methyl sites for hydroxylation is 1. The van der Waals surface area contributed by atoms with Gasteiger partial charge >= 0.3 is 5.97 Å². The van der Waals surface area contributed by atoms with Crippen LogP contribution in [0.25, 0.3) is 22.1 Å². The third-order valence-electron chi connectivity index (χ3n) is 4.97. The second kappa shape index (κ2) is 8.39. The van der Waals surface area contributed by atoms with Crippen LogP contribution in [-0.2, 0) is 24.4 Å². The number of hydrogen-bond donors (Lipinski definition) is 2. The molecular formula is C24H22N2O4. The molecule has 0 aliphatic heterocycles. The van der Waals surface area contributed by atoms with E-state index in [1.165, 1.54) is 0 Å². The molecule has 2 aromatic carbocycles. The lowest BCUT2D eigenvalue weighted by Crippen LogP contribution is -2.05. The minimum Gasteiger partial charge on any atom is -0.488 e. The predicted molar refractivity (Wildman–Crippen MR) is 114 cm³/mol. The number of carboxylic acid groups (broad SMARTS) is 1. The van der Waals surface area contributed by atoms with Gasteiger partial charge in [-0.05, 0) is 53.9 Å². The van der Waals surface area contributed by atoms with Crippen molar-refractivity contribution in [1.29, 1.82) is 0 Å². The molecule has 0 atom stereocenters. The lowest BCUT2D eigenvalue weighted by Gasteiger charge is -2.14. The number of pyridine rings is 1. The average Bonchev–Trinajstić information content (AvgIpc) is 3.21. The summed E-state index contributed by atoms with van der Waals surface area (Å²) in [6, 6.07) is 15.4. The molecular weight excluding hydrogens is 380 g/mol. The van der Waals surface area contributed by atoms with Crippen LogP contribution in [0.1, 0.15) is 22.4 Å². The number of benzene rings is 2. The van der Waals surface area contributed by atoms with E-state index in [4.69, 9.17) is 14.9 Å². The van der Waals surface area contributed by atoms with Crippen LogP contribution in [-0.4, -0.2) is 16.1 Å². The number of carbonyl (C=O) groups is 1. The Kier molecular flexibility index (Phi) is 5.50. The number of carboxylic acids is 1. The van der Waals surface area contributed by atoms with Crippen LogP contribution in [0.5, 0.6) is 5.75 Å². The van der Waals surface area contributed by atoms with E-state index in [1.807, 2.05) is 49.4 Å². The van der Waals surface area contributed by atoms with Crippen molar-refractivity contribution in [3.05, 3.63) is 83.4 Å². The fourth-order valence-electron chi connectivity index (χ4n) is 3.58. The van der Waals surface area contributed by atoms with Crippen molar-refractivity contribution in [1.82, 2.24) is 4.98 Å². The van der Waals surface area contributed by atoms with E-state index in [0.717, 1.165) is 38.9 Å². The lowest BCUT2D eigenvalue weighted by molar-refractivity contribution is -0.136. The number of fused-ring (bicyclic) bond motifs is 1. The smallest absolute Gasteiger partial charge is 0.307 e. The second-order valence-electron chi connectivity index (χ2n) is 7.14. The number of ether oxygens (including phenoxy) is 1. The first kappa shape index (κ1) is 19.7. The molecule has 0 spiro atoms. The second-order valence-corrected chi connectivity index (χ2v) is 7.14. The van der Waals surface area contributed by atoms with Gasteiger partial charge in [-0.25, -0.2) is 0 Å². The van der Waals surface area contributed by atoms with Gasteiger partial charge in [0.05, 0.1) is 18.4 Å². The normalized spacial score (nSPS) is 11.0. The number of nitrogens with zero attached hydrogens (tertiary/aromatic N) is 1. The molecule has 6 nitrogen and oxygen atoms in total. The number of para-hydroxylation sites is 1. The van der Waals surface area contributed by atoms with Gasteiger partial charge in [0.15, 0.2) is 0 Å². The number of aliphatic carboxylic acids is 1. The summed E-state index contributed by atoms with van der Waals surface area (Å²) in [4.78, 5) is 15.5. The minimum absolute atomic E-state index is 0.0814. The quantitative estimate of drug-likeness (QED) is 0.473. The summed E-state index contributed by atoms with van der Waals surface area (Å²) in [6.07, 6.45) is 3.32. The van der Waals surface area contributed by atoms with Crippen molar-refractivity contribution in [3.63, 3.8) is 0 Å². The number of aromatic nitrogens is 1. The van der Waals surface area contributed by atoms with Crippen LogP contribution in [0.15, 0.2) is 65.4 Å². The van der Waals surface area contributed by atoms with E-state index in [1.54, 1.807) is 18.5 Å². The summed E-state index contributed by atoms with van der Waals surface area (Å²) in [6.45, 7) is 2.58. The van der Waals surface area contributed by atoms with Gasteiger partial charge in [-0.1, -0.05) is 18.2 Å². The number of nitrogens with two attached hydrogens (primary N) is 1. The van der Waals surface area contributed by atoms with E-state index in [9.17, 15) is 9.90 Å². The van der Waals surface area contributed by atoms with Gasteiger partial charge in [-0.15, -0.1) is 0 Å². The van der Waals surface area contributed by atoms with Crippen molar-refractivity contribution in [2.24, 2.45) is 5.73 Å². The maximum Gasteiger partial charge on any atom is 0.307 e. The zero-order chi connectivity index (χ0) is 21.1. The van der Waals surface area contributed by atoms with Gasteiger partial charge in [-0.2, -0.15) is 0 Å². The average molecular weight is 402 g/mol. The predicted octanol–water partition coefficient (Wildman–Crippen LogP) is 4.47. The van der Waals surface area contributed by atoms with Crippen LogP contribution < -0.4 is 10.5 Å². The Labute approximate surface area is 173 Å². The molecule has 3 N–H and O–H groups in total. The molecule has 4 aromatic rings. The van der Waals surface area contributed by atoms with Crippen molar-refractivity contribution in [3.8, 4) is 16.9 Å². The minimum atomic E-state index is -0.888. The Balaban J connectivity index is 1.69. The first-order valence-corrected chi connectivity index (χ1v) is 9.63. The highest BCUT2D eigenvalue weighted by Gasteiger charge is 2.13. The molecule has 0 saturated heterocycles. The summed E-state index contributed by atoms with van der Waals surface area (Å²) in [5.74, 6) is -0.274. The van der Waals surface area contributed by atoms with Crippen molar-refractivity contribution in [2.75, 3.05) is 0 Å². The number of hydrogen-bond acceptors (Lipinski definition) is 5. The largest absolute Gasteiger partial charge is 0.488 e. The van der Waals surface area contributed by atoms with E-state index in [2.05, 4.69) is 4.98 Å². The van der Waals surface area contributed by atoms with Crippen LogP contribution in [0.4, 0.5) is 0 Å². The molecule has 6 heteroatoms. The molecule has 0 fully saturated rings. The molecule has 2 aromatic heterocycles. The van der Waals surface area contributed by atoms with Gasteiger partial charge < -0.3 is 20.0 Å². The van der Waals surface area contributed by atoms with Crippen molar-refractivity contribution >= 4 is 16.9 Å². The first-order chi connectivity index (χ1) is 14.5. The highest BCUT2D eigenvalue weighted by atomic mass is 16.5. The molecule has 0 unspecified atom stereocenters. The Bertz CT molecular complexity index is 1210. The van der Waals surface area contributed by atoms with Gasteiger partial charge in [0, 0.05) is 29.3 Å². The molecule has 0 radical (unpaired) electrons. The Morgan fingerprint density at radius 3 is 2.87 bits per heavy atom. The summed E-state index contributed by atoms with van der Waals surface area (Å²) in [7, 11) is 0. The standard InChI is InChI=1S/C24H22N2O4/c1-15-3-2-4-18(12-22(27)28)23(15)30-14-16-9-19-6-8-29-24(19)21(10-16)17-5-7-26-20(11-17)13-25/h2-11H,12-14,25H2,1H3,(H,27,28). The maximum absolute atomic E-state index is 11.2. The van der Waals surface area contributed by atoms with E-state index in [0.29, 0.717) is 24.5 Å². The monoisotopic (exact) mass is 402 g/mol. The summed E-state index contributed by atoms with van der Waals surface area (Å²) >= 11 is 0.